The second-order valence-electron chi connectivity index (χ2n) is 14.9. The number of rotatable bonds is 3. The lowest BCUT2D eigenvalue weighted by Gasteiger charge is -2.21. The standard InChI is InChI=1S/C51H35N/c1-51(2)45-26-13-12-20-36(45)42-31-48-44(30-46(42)51)43-29-33(27-28-47(43)52(48)34-17-4-3-5-18-34)49-38-21-8-10-23-40(38)50(41-24-11-9-22-39(41)49)37-25-14-16-32-15-6-7-19-35(32)37/h3-31H,1-2H3. The zero-order valence-electron chi connectivity index (χ0n) is 29.2. The lowest BCUT2D eigenvalue weighted by atomic mass is 9.82. The van der Waals surface area contributed by atoms with E-state index in [9.17, 15) is 0 Å². The Hall–Kier alpha value is -6.44. The second kappa shape index (κ2) is 10.8. The lowest BCUT2D eigenvalue weighted by molar-refractivity contribution is 0.661. The zero-order valence-corrected chi connectivity index (χ0v) is 29.2. The van der Waals surface area contributed by atoms with Gasteiger partial charge in [0.1, 0.15) is 0 Å². The SMILES string of the molecule is CC1(C)c2ccccc2-c2cc3c(cc21)c1cc(-c2c4ccccc4c(-c4cccc5ccccc45)c4ccccc24)ccc1n3-c1ccccc1. The predicted molar refractivity (Wildman–Crippen MR) is 222 cm³/mol. The van der Waals surface area contributed by atoms with Crippen LogP contribution in [0.5, 0.6) is 0 Å². The second-order valence-corrected chi connectivity index (χ2v) is 14.9. The topological polar surface area (TPSA) is 4.93 Å². The highest BCUT2D eigenvalue weighted by Crippen LogP contribution is 2.52. The summed E-state index contributed by atoms with van der Waals surface area (Å²) in [5.74, 6) is 0. The van der Waals surface area contributed by atoms with Crippen LogP contribution < -0.4 is 0 Å². The van der Waals surface area contributed by atoms with Crippen LogP contribution in [0.4, 0.5) is 0 Å². The molecule has 1 heterocycles. The van der Waals surface area contributed by atoms with E-state index >= 15 is 0 Å². The van der Waals surface area contributed by atoms with Gasteiger partial charge in [-0.2, -0.15) is 0 Å². The minimum atomic E-state index is -0.0806. The molecule has 0 N–H and O–H groups in total. The van der Waals surface area contributed by atoms with E-state index in [-0.39, 0.29) is 5.41 Å². The quantitative estimate of drug-likeness (QED) is 0.166. The molecule has 0 radical (unpaired) electrons. The molecule has 0 unspecified atom stereocenters. The molecule has 0 bridgehead atoms. The van der Waals surface area contributed by atoms with Crippen molar-refractivity contribution in [2.24, 2.45) is 0 Å². The van der Waals surface area contributed by atoms with Gasteiger partial charge in [0.15, 0.2) is 0 Å². The Morgan fingerprint density at radius 3 is 1.69 bits per heavy atom. The molecular formula is C51H35N. The van der Waals surface area contributed by atoms with Gasteiger partial charge in [0.05, 0.1) is 11.0 Å². The predicted octanol–water partition coefficient (Wildman–Crippen LogP) is 13.9. The average molecular weight is 662 g/mol. The molecule has 11 rings (SSSR count). The van der Waals surface area contributed by atoms with Crippen LogP contribution in [0, 0.1) is 0 Å². The van der Waals surface area contributed by atoms with Crippen LogP contribution in [0.3, 0.4) is 0 Å². The number of aromatic nitrogens is 1. The minimum Gasteiger partial charge on any atom is -0.309 e. The summed E-state index contributed by atoms with van der Waals surface area (Å²) in [6, 6.07) is 65.4. The van der Waals surface area contributed by atoms with Crippen molar-refractivity contribution in [2.75, 3.05) is 0 Å². The summed E-state index contributed by atoms with van der Waals surface area (Å²) in [5, 5.41) is 10.2. The number of benzene rings is 9. The van der Waals surface area contributed by atoms with Gasteiger partial charge in [-0.3, -0.25) is 0 Å². The van der Waals surface area contributed by atoms with Gasteiger partial charge in [-0.15, -0.1) is 0 Å². The van der Waals surface area contributed by atoms with Crippen LogP contribution in [-0.4, -0.2) is 4.57 Å². The van der Waals surface area contributed by atoms with Gasteiger partial charge in [-0.1, -0.05) is 153 Å². The first kappa shape index (κ1) is 29.3. The normalized spacial score (nSPS) is 13.3. The summed E-state index contributed by atoms with van der Waals surface area (Å²) in [7, 11) is 0. The fourth-order valence-corrected chi connectivity index (χ4v) is 9.40. The Morgan fingerprint density at radius 1 is 0.365 bits per heavy atom. The molecule has 1 heteroatoms. The maximum absolute atomic E-state index is 2.50. The highest BCUT2D eigenvalue weighted by Gasteiger charge is 2.36. The molecular weight excluding hydrogens is 627 g/mol. The largest absolute Gasteiger partial charge is 0.309 e. The van der Waals surface area contributed by atoms with E-state index in [1.54, 1.807) is 0 Å². The van der Waals surface area contributed by atoms with Crippen molar-refractivity contribution >= 4 is 54.1 Å². The molecule has 1 nitrogen and oxygen atoms in total. The smallest absolute Gasteiger partial charge is 0.0547 e. The molecule has 0 saturated heterocycles. The van der Waals surface area contributed by atoms with Crippen LogP contribution in [0.1, 0.15) is 25.0 Å². The third kappa shape index (κ3) is 3.99. The van der Waals surface area contributed by atoms with E-state index in [2.05, 4.69) is 194 Å². The molecule has 1 aliphatic carbocycles. The van der Waals surface area contributed by atoms with E-state index in [0.717, 1.165) is 0 Å². The first-order chi connectivity index (χ1) is 25.6. The number of fused-ring (bicyclic) bond motifs is 9. The molecule has 0 aliphatic heterocycles. The Bertz CT molecular complexity index is 3020. The van der Waals surface area contributed by atoms with Gasteiger partial charge in [-0.05, 0) is 113 Å². The molecule has 0 spiro atoms. The van der Waals surface area contributed by atoms with Crippen LogP contribution >= 0.6 is 0 Å². The molecule has 0 saturated carbocycles. The first-order valence-corrected chi connectivity index (χ1v) is 18.3. The molecule has 0 amide bonds. The maximum atomic E-state index is 2.50. The summed E-state index contributed by atoms with van der Waals surface area (Å²) in [5.41, 5.74) is 14.1. The van der Waals surface area contributed by atoms with Crippen molar-refractivity contribution in [3.8, 4) is 39.1 Å². The van der Waals surface area contributed by atoms with E-state index in [1.807, 2.05) is 0 Å². The van der Waals surface area contributed by atoms with E-state index in [0.29, 0.717) is 0 Å². The van der Waals surface area contributed by atoms with Crippen molar-refractivity contribution in [2.45, 2.75) is 19.3 Å². The van der Waals surface area contributed by atoms with Gasteiger partial charge in [0, 0.05) is 21.9 Å². The highest BCUT2D eigenvalue weighted by atomic mass is 15.0. The molecule has 0 fully saturated rings. The maximum Gasteiger partial charge on any atom is 0.0547 e. The van der Waals surface area contributed by atoms with Gasteiger partial charge in [0.2, 0.25) is 0 Å². The highest BCUT2D eigenvalue weighted by molar-refractivity contribution is 6.24. The molecule has 1 aliphatic rings. The molecule has 1 aromatic heterocycles. The Labute approximate surface area is 303 Å². The van der Waals surface area contributed by atoms with Gasteiger partial charge in [-0.25, -0.2) is 0 Å². The minimum absolute atomic E-state index is 0.0806. The molecule has 52 heavy (non-hydrogen) atoms. The van der Waals surface area contributed by atoms with E-state index < -0.39 is 0 Å². The fraction of sp³-hybridized carbons (Fsp3) is 0.0588. The Balaban J connectivity index is 1.24. The third-order valence-electron chi connectivity index (χ3n) is 11.8. The summed E-state index contributed by atoms with van der Waals surface area (Å²) < 4.78 is 2.46. The number of hydrogen-bond donors (Lipinski definition) is 0. The van der Waals surface area contributed by atoms with Gasteiger partial charge >= 0.3 is 0 Å². The lowest BCUT2D eigenvalue weighted by Crippen LogP contribution is -2.14. The van der Waals surface area contributed by atoms with Crippen LogP contribution in [0.15, 0.2) is 176 Å². The Morgan fingerprint density at radius 2 is 0.942 bits per heavy atom. The molecule has 0 atom stereocenters. The summed E-state index contributed by atoms with van der Waals surface area (Å²) in [6.07, 6.45) is 0. The van der Waals surface area contributed by atoms with Crippen LogP contribution in [-0.2, 0) is 5.41 Å². The number of para-hydroxylation sites is 1. The van der Waals surface area contributed by atoms with Crippen molar-refractivity contribution in [1.29, 1.82) is 0 Å². The summed E-state index contributed by atoms with van der Waals surface area (Å²) in [6.45, 7) is 4.75. The zero-order chi connectivity index (χ0) is 34.6. The summed E-state index contributed by atoms with van der Waals surface area (Å²) in [4.78, 5) is 0. The molecule has 10 aromatic rings. The average Bonchev–Trinajstić information content (AvgIpc) is 3.63. The summed E-state index contributed by atoms with van der Waals surface area (Å²) >= 11 is 0. The van der Waals surface area contributed by atoms with Crippen LogP contribution in [0.25, 0.3) is 93.2 Å². The van der Waals surface area contributed by atoms with Crippen molar-refractivity contribution in [1.82, 2.24) is 4.57 Å². The van der Waals surface area contributed by atoms with E-state index in [1.165, 1.54) is 104 Å². The third-order valence-corrected chi connectivity index (χ3v) is 11.8. The monoisotopic (exact) mass is 661 g/mol. The fourth-order valence-electron chi connectivity index (χ4n) is 9.40. The van der Waals surface area contributed by atoms with Gasteiger partial charge in [0.25, 0.3) is 0 Å². The molecule has 9 aromatic carbocycles. The number of nitrogens with zero attached hydrogens (tertiary/aromatic N) is 1. The van der Waals surface area contributed by atoms with Crippen molar-refractivity contribution in [3.05, 3.63) is 187 Å². The molecule has 244 valence electrons. The Kier molecular flexibility index (Phi) is 6.08. The number of hydrogen-bond acceptors (Lipinski definition) is 0. The first-order valence-electron chi connectivity index (χ1n) is 18.3. The van der Waals surface area contributed by atoms with Gasteiger partial charge < -0.3 is 4.57 Å². The van der Waals surface area contributed by atoms with Crippen molar-refractivity contribution < 1.29 is 0 Å². The van der Waals surface area contributed by atoms with E-state index in [4.69, 9.17) is 0 Å². The van der Waals surface area contributed by atoms with Crippen molar-refractivity contribution in [3.63, 3.8) is 0 Å². The van der Waals surface area contributed by atoms with Crippen LogP contribution in [0.2, 0.25) is 0 Å².